The summed E-state index contributed by atoms with van der Waals surface area (Å²) in [6, 6.07) is 7.02. The van der Waals surface area contributed by atoms with Gasteiger partial charge in [-0.3, -0.25) is 4.90 Å². The van der Waals surface area contributed by atoms with E-state index in [1.165, 1.54) is 28.6 Å². The van der Waals surface area contributed by atoms with Gasteiger partial charge in [-0.25, -0.2) is 9.78 Å². The molecule has 2 aliphatic rings. The van der Waals surface area contributed by atoms with Crippen LogP contribution in [0.15, 0.2) is 35.0 Å². The molecule has 0 unspecified atom stereocenters. The molecule has 3 heterocycles. The monoisotopic (exact) mass is 436 g/mol. The van der Waals surface area contributed by atoms with Crippen molar-refractivity contribution in [2.75, 3.05) is 16.8 Å². The molecule has 1 fully saturated rings. The maximum absolute atomic E-state index is 12.1. The first-order valence-corrected chi connectivity index (χ1v) is 10.7. The number of hydrogen-bond donors (Lipinski definition) is 2. The number of anilines is 2. The van der Waals surface area contributed by atoms with Crippen molar-refractivity contribution in [1.82, 2.24) is 20.1 Å². The lowest BCUT2D eigenvalue weighted by Crippen LogP contribution is -2.41. The van der Waals surface area contributed by atoms with Crippen LogP contribution in [0.5, 0.6) is 0 Å². The molecule has 1 aliphatic heterocycles. The first-order chi connectivity index (χ1) is 15.5. The lowest BCUT2D eigenvalue weighted by Gasteiger charge is -2.22. The number of fused-ring (bicyclic) bond motifs is 1. The second kappa shape index (κ2) is 8.19. The lowest BCUT2D eigenvalue weighted by molar-refractivity contribution is 0.142. The number of nitrogens with one attached hydrogen (secondary N) is 1. The van der Waals surface area contributed by atoms with Crippen molar-refractivity contribution >= 4 is 17.9 Å². The Balaban J connectivity index is 1.32. The van der Waals surface area contributed by atoms with Crippen molar-refractivity contribution in [2.24, 2.45) is 0 Å². The minimum Gasteiger partial charge on any atom is -0.447 e. The van der Waals surface area contributed by atoms with Gasteiger partial charge in [0.25, 0.3) is 0 Å². The van der Waals surface area contributed by atoms with Crippen LogP contribution >= 0.6 is 0 Å². The van der Waals surface area contributed by atoms with Gasteiger partial charge in [-0.15, -0.1) is 0 Å². The van der Waals surface area contributed by atoms with Crippen LogP contribution in [0.25, 0.3) is 11.4 Å². The van der Waals surface area contributed by atoms with Gasteiger partial charge in [0.2, 0.25) is 17.7 Å². The van der Waals surface area contributed by atoms with E-state index in [1.54, 1.807) is 13.0 Å². The molecule has 1 amide bonds. The quantitative estimate of drug-likeness (QED) is 0.599. The van der Waals surface area contributed by atoms with Gasteiger partial charge >= 0.3 is 6.09 Å². The largest absolute Gasteiger partial charge is 0.447 e. The summed E-state index contributed by atoms with van der Waals surface area (Å²) in [5.41, 5.74) is 3.67. The number of aryl methyl sites for hydroxylation is 2. The summed E-state index contributed by atoms with van der Waals surface area (Å²) < 4.78 is 10.5. The molecular weight excluding hydrogens is 412 g/mol. The van der Waals surface area contributed by atoms with E-state index in [9.17, 15) is 9.90 Å². The summed E-state index contributed by atoms with van der Waals surface area (Å²) >= 11 is 0. The lowest BCUT2D eigenvalue weighted by atomic mass is 10.1. The molecule has 5 rings (SSSR count). The number of hydrogen-bond acceptors (Lipinski definition) is 9. The summed E-state index contributed by atoms with van der Waals surface area (Å²) in [5, 5.41) is 17.2. The number of ether oxygens (including phenoxy) is 1. The van der Waals surface area contributed by atoms with E-state index in [-0.39, 0.29) is 18.6 Å². The number of benzene rings is 1. The first kappa shape index (κ1) is 20.4. The van der Waals surface area contributed by atoms with Crippen molar-refractivity contribution in [1.29, 1.82) is 0 Å². The number of rotatable bonds is 6. The highest BCUT2D eigenvalue weighted by molar-refractivity contribution is 5.89. The smallest absolute Gasteiger partial charge is 0.416 e. The molecule has 166 valence electrons. The molecule has 10 heteroatoms. The van der Waals surface area contributed by atoms with Crippen molar-refractivity contribution in [2.45, 2.75) is 51.3 Å². The van der Waals surface area contributed by atoms with Crippen LogP contribution in [0.1, 0.15) is 43.3 Å². The van der Waals surface area contributed by atoms with Gasteiger partial charge in [0.1, 0.15) is 24.5 Å². The van der Waals surface area contributed by atoms with Gasteiger partial charge in [0, 0.05) is 11.8 Å². The van der Waals surface area contributed by atoms with Crippen molar-refractivity contribution < 1.29 is 19.2 Å². The molecule has 1 aromatic carbocycles. The molecule has 3 atom stereocenters. The molecule has 32 heavy (non-hydrogen) atoms. The van der Waals surface area contributed by atoms with E-state index >= 15 is 0 Å². The molecule has 0 saturated carbocycles. The van der Waals surface area contributed by atoms with Crippen LogP contribution in [-0.2, 0) is 17.6 Å². The zero-order valence-electron chi connectivity index (χ0n) is 17.9. The standard InChI is InChI=1S/C22H24N6O4/c1-12(20-26-19(27-32-20)16-7-6-14-4-3-5-15(14)10-16)24-21-23-9-8-18(25-21)28-17(13(2)29)11-31-22(28)30/h6-10,12-13,17,29H,3-5,11H2,1-2H3,(H,23,24,25)/t12-,13+,17+/m0/s1. The second-order valence-electron chi connectivity index (χ2n) is 8.15. The Hall–Kier alpha value is -3.53. The molecule has 0 radical (unpaired) electrons. The van der Waals surface area contributed by atoms with Crippen LogP contribution in [0.2, 0.25) is 0 Å². The number of aliphatic hydroxyl groups is 1. The summed E-state index contributed by atoms with van der Waals surface area (Å²) in [6.07, 6.45) is 3.61. The average Bonchev–Trinajstić information content (AvgIpc) is 3.52. The van der Waals surface area contributed by atoms with E-state index in [0.29, 0.717) is 17.5 Å². The predicted octanol–water partition coefficient (Wildman–Crippen LogP) is 2.89. The Morgan fingerprint density at radius 1 is 1.19 bits per heavy atom. The third kappa shape index (κ3) is 3.77. The Morgan fingerprint density at radius 2 is 2.03 bits per heavy atom. The fourth-order valence-electron chi connectivity index (χ4n) is 4.10. The maximum atomic E-state index is 12.1. The summed E-state index contributed by atoms with van der Waals surface area (Å²) in [5.74, 6) is 1.57. The van der Waals surface area contributed by atoms with E-state index < -0.39 is 18.2 Å². The van der Waals surface area contributed by atoms with E-state index in [2.05, 4.69) is 37.6 Å². The molecule has 0 spiro atoms. The fraction of sp³-hybridized carbons (Fsp3) is 0.409. The highest BCUT2D eigenvalue weighted by Crippen LogP contribution is 2.28. The van der Waals surface area contributed by atoms with Crippen LogP contribution < -0.4 is 10.2 Å². The van der Waals surface area contributed by atoms with E-state index in [4.69, 9.17) is 9.26 Å². The predicted molar refractivity (Wildman–Crippen MR) is 115 cm³/mol. The highest BCUT2D eigenvalue weighted by atomic mass is 16.6. The van der Waals surface area contributed by atoms with Gasteiger partial charge in [-0.05, 0) is 56.4 Å². The van der Waals surface area contributed by atoms with E-state index in [0.717, 1.165) is 18.4 Å². The SMILES string of the molecule is C[C@H](Nc1nccc(N2C(=O)OC[C@@H]2[C@@H](C)O)n1)c1nc(-c2ccc3c(c2)CCC3)no1. The number of carbonyl (C=O) groups excluding carboxylic acids is 1. The fourth-order valence-corrected chi connectivity index (χ4v) is 4.10. The van der Waals surface area contributed by atoms with Crippen molar-refractivity contribution in [3.63, 3.8) is 0 Å². The molecule has 10 nitrogen and oxygen atoms in total. The number of nitrogens with zero attached hydrogens (tertiary/aromatic N) is 5. The molecular formula is C22H24N6O4. The zero-order valence-corrected chi connectivity index (χ0v) is 17.9. The molecule has 0 bridgehead atoms. The number of cyclic esters (lactones) is 1. The Morgan fingerprint density at radius 3 is 2.88 bits per heavy atom. The first-order valence-electron chi connectivity index (χ1n) is 10.7. The summed E-state index contributed by atoms with van der Waals surface area (Å²) in [6.45, 7) is 3.57. The third-order valence-corrected chi connectivity index (χ3v) is 5.86. The minimum absolute atomic E-state index is 0.104. The normalized spacial score (nSPS) is 19.5. The summed E-state index contributed by atoms with van der Waals surface area (Å²) in [7, 11) is 0. The number of carbonyl (C=O) groups is 1. The van der Waals surface area contributed by atoms with Gasteiger partial charge in [-0.2, -0.15) is 9.97 Å². The van der Waals surface area contributed by atoms with Crippen LogP contribution in [0.4, 0.5) is 16.6 Å². The topological polar surface area (TPSA) is 127 Å². The Labute approximate surface area is 184 Å². The van der Waals surface area contributed by atoms with Crippen molar-refractivity contribution in [3.05, 3.63) is 47.5 Å². The molecule has 1 aliphatic carbocycles. The van der Waals surface area contributed by atoms with Gasteiger partial charge in [-0.1, -0.05) is 17.3 Å². The molecule has 1 saturated heterocycles. The molecule has 3 aromatic rings. The molecule has 2 aromatic heterocycles. The minimum atomic E-state index is -0.761. The molecule has 2 N–H and O–H groups in total. The van der Waals surface area contributed by atoms with Gasteiger partial charge < -0.3 is 19.7 Å². The number of aliphatic hydroxyl groups excluding tert-OH is 1. The van der Waals surface area contributed by atoms with Gasteiger partial charge in [0.05, 0.1) is 6.10 Å². The van der Waals surface area contributed by atoms with E-state index in [1.807, 2.05) is 13.0 Å². The summed E-state index contributed by atoms with van der Waals surface area (Å²) in [4.78, 5) is 26.6. The number of aromatic nitrogens is 4. The number of amides is 1. The highest BCUT2D eigenvalue weighted by Gasteiger charge is 2.38. The average molecular weight is 436 g/mol. The third-order valence-electron chi connectivity index (χ3n) is 5.86. The van der Waals surface area contributed by atoms with Crippen LogP contribution in [0, 0.1) is 0 Å². The van der Waals surface area contributed by atoms with Gasteiger partial charge in [0.15, 0.2) is 0 Å². The van der Waals surface area contributed by atoms with Crippen LogP contribution in [0.3, 0.4) is 0 Å². The Bertz CT molecular complexity index is 1150. The Kier molecular flexibility index (Phi) is 5.22. The van der Waals surface area contributed by atoms with Crippen molar-refractivity contribution in [3.8, 4) is 11.4 Å². The van der Waals surface area contributed by atoms with Crippen LogP contribution in [-0.4, -0.2) is 50.1 Å². The zero-order chi connectivity index (χ0) is 22.2. The second-order valence-corrected chi connectivity index (χ2v) is 8.15. The maximum Gasteiger partial charge on any atom is 0.416 e.